The molecular weight excluding hydrogens is 548 g/mol. The van der Waals surface area contributed by atoms with Gasteiger partial charge < -0.3 is 19.7 Å². The van der Waals surface area contributed by atoms with Crippen LogP contribution >= 0.6 is 0 Å². The van der Waals surface area contributed by atoms with E-state index in [1.807, 2.05) is 0 Å². The molecule has 222 valence electrons. The van der Waals surface area contributed by atoms with Crippen LogP contribution in [0.5, 0.6) is 5.75 Å². The molecule has 1 aliphatic carbocycles. The van der Waals surface area contributed by atoms with Crippen LogP contribution in [-0.2, 0) is 22.1 Å². The Balaban J connectivity index is 1.00. The van der Waals surface area contributed by atoms with Gasteiger partial charge in [0.2, 0.25) is 5.91 Å². The number of anilines is 1. The van der Waals surface area contributed by atoms with Crippen molar-refractivity contribution in [3.05, 3.63) is 63.5 Å². The third kappa shape index (κ3) is 7.25. The molecule has 5 rings (SSSR count). The van der Waals surface area contributed by atoms with Crippen molar-refractivity contribution in [2.75, 3.05) is 44.6 Å². The summed E-state index contributed by atoms with van der Waals surface area (Å²) < 4.78 is 65.1. The number of piperazine rings is 1. The maximum Gasteiger partial charge on any atom is 0.423 e. The molecule has 1 atom stereocenters. The predicted octanol–water partition coefficient (Wildman–Crippen LogP) is 4.64. The zero-order chi connectivity index (χ0) is 29.1. The molecule has 1 N–H and O–H groups in total. The Labute approximate surface area is 234 Å². The first-order chi connectivity index (χ1) is 19.5. The lowest BCUT2D eigenvalue weighted by atomic mass is 9.92. The fourth-order valence-corrected chi connectivity index (χ4v) is 5.76. The van der Waals surface area contributed by atoms with E-state index in [4.69, 9.17) is 9.47 Å². The Morgan fingerprint density at radius 3 is 2.49 bits per heavy atom. The molecule has 2 aromatic rings. The third-order valence-corrected chi connectivity index (χ3v) is 7.94. The van der Waals surface area contributed by atoms with Gasteiger partial charge in [0, 0.05) is 62.5 Å². The highest BCUT2D eigenvalue weighted by Gasteiger charge is 2.38. The summed E-state index contributed by atoms with van der Waals surface area (Å²) in [5.74, 6) is 0.391. The smallest absolute Gasteiger partial charge is 0.423 e. The topological polar surface area (TPSA) is 97.2 Å². The van der Waals surface area contributed by atoms with E-state index in [0.717, 1.165) is 23.4 Å². The summed E-state index contributed by atoms with van der Waals surface area (Å²) in [4.78, 5) is 26.7. The summed E-state index contributed by atoms with van der Waals surface area (Å²) in [7, 11) is 0. The number of nitrogens with one attached hydrogen (secondary N) is 1. The standard InChI is InChI=1S/C28H32F4N4O5/c29-19-1-8-26-18(13-19)14-23(41-26)16-34-9-11-35(12-10-34)27(37)17-40-22-5-2-20(3-6-22)33-21-4-7-25(36(38)39)24(15-21)28(30,31)32/h1,4,7-8,13,15,20,22-23,33H,2-3,5-6,9-12,14,16-17H2. The molecule has 1 saturated carbocycles. The molecule has 0 aromatic heterocycles. The molecule has 0 radical (unpaired) electrons. The van der Waals surface area contributed by atoms with Crippen molar-refractivity contribution in [1.29, 1.82) is 0 Å². The van der Waals surface area contributed by atoms with E-state index in [9.17, 15) is 32.5 Å². The number of halogens is 4. The largest absolute Gasteiger partial charge is 0.488 e. The summed E-state index contributed by atoms with van der Waals surface area (Å²) in [6.07, 6.45) is -1.76. The second-order valence-electron chi connectivity index (χ2n) is 10.8. The number of nitro benzene ring substituents is 1. The first-order valence-corrected chi connectivity index (χ1v) is 13.7. The van der Waals surface area contributed by atoms with Gasteiger partial charge in [-0.25, -0.2) is 4.39 Å². The zero-order valence-corrected chi connectivity index (χ0v) is 22.4. The fourth-order valence-electron chi connectivity index (χ4n) is 5.76. The van der Waals surface area contributed by atoms with Gasteiger partial charge in [-0.05, 0) is 56.0 Å². The van der Waals surface area contributed by atoms with E-state index >= 15 is 0 Å². The van der Waals surface area contributed by atoms with Crippen molar-refractivity contribution >= 4 is 17.3 Å². The average Bonchev–Trinajstić information content (AvgIpc) is 3.33. The second-order valence-corrected chi connectivity index (χ2v) is 10.8. The number of ether oxygens (including phenoxy) is 2. The maximum absolute atomic E-state index is 13.5. The number of hydrogen-bond acceptors (Lipinski definition) is 7. The molecule has 2 heterocycles. The van der Waals surface area contributed by atoms with Crippen molar-refractivity contribution in [3.63, 3.8) is 0 Å². The van der Waals surface area contributed by atoms with Crippen LogP contribution in [0.2, 0.25) is 0 Å². The molecule has 41 heavy (non-hydrogen) atoms. The highest BCUT2D eigenvalue weighted by atomic mass is 19.4. The number of nitrogens with zero attached hydrogens (tertiary/aromatic N) is 3. The summed E-state index contributed by atoms with van der Waals surface area (Å²) >= 11 is 0. The van der Waals surface area contributed by atoms with Gasteiger partial charge in [0.05, 0.1) is 11.0 Å². The van der Waals surface area contributed by atoms with Crippen molar-refractivity contribution in [2.24, 2.45) is 0 Å². The van der Waals surface area contributed by atoms with Crippen LogP contribution < -0.4 is 10.1 Å². The van der Waals surface area contributed by atoms with Crippen LogP contribution in [0.3, 0.4) is 0 Å². The zero-order valence-electron chi connectivity index (χ0n) is 22.4. The molecule has 0 bridgehead atoms. The number of carbonyl (C=O) groups is 1. The molecule has 1 saturated heterocycles. The maximum atomic E-state index is 13.5. The second kappa shape index (κ2) is 12.2. The first-order valence-electron chi connectivity index (χ1n) is 13.7. The highest BCUT2D eigenvalue weighted by Crippen LogP contribution is 2.38. The van der Waals surface area contributed by atoms with Crippen LogP contribution in [0.1, 0.15) is 36.8 Å². The summed E-state index contributed by atoms with van der Waals surface area (Å²) in [5.41, 5.74) is -1.19. The quantitative estimate of drug-likeness (QED) is 0.276. The number of amides is 1. The molecule has 9 nitrogen and oxygen atoms in total. The van der Waals surface area contributed by atoms with E-state index in [1.165, 1.54) is 18.2 Å². The van der Waals surface area contributed by atoms with Crippen molar-refractivity contribution in [3.8, 4) is 5.75 Å². The minimum Gasteiger partial charge on any atom is -0.488 e. The number of fused-ring (bicyclic) bond motifs is 1. The fraction of sp³-hybridized carbons (Fsp3) is 0.536. The van der Waals surface area contributed by atoms with Crippen LogP contribution in [0.15, 0.2) is 36.4 Å². The molecule has 2 aliphatic heterocycles. The van der Waals surface area contributed by atoms with Gasteiger partial charge in [-0.2, -0.15) is 13.2 Å². The molecular formula is C28H32F4N4O5. The monoisotopic (exact) mass is 580 g/mol. The van der Waals surface area contributed by atoms with Crippen molar-refractivity contribution in [1.82, 2.24) is 9.80 Å². The van der Waals surface area contributed by atoms with Gasteiger partial charge in [0.15, 0.2) is 0 Å². The molecule has 13 heteroatoms. The van der Waals surface area contributed by atoms with E-state index in [-0.39, 0.29) is 42.3 Å². The van der Waals surface area contributed by atoms with E-state index in [1.54, 1.807) is 11.0 Å². The molecule has 2 fully saturated rings. The van der Waals surface area contributed by atoms with Gasteiger partial charge in [0.25, 0.3) is 5.69 Å². The number of benzene rings is 2. The predicted molar refractivity (Wildman–Crippen MR) is 141 cm³/mol. The Morgan fingerprint density at radius 1 is 1.07 bits per heavy atom. The first kappa shape index (κ1) is 29.1. The number of hydrogen-bond donors (Lipinski definition) is 1. The Morgan fingerprint density at radius 2 is 1.80 bits per heavy atom. The number of alkyl halides is 3. The van der Waals surface area contributed by atoms with Crippen LogP contribution in [0.25, 0.3) is 0 Å². The SMILES string of the molecule is O=C(COC1CCC(Nc2ccc([N+](=O)[O-])c(C(F)(F)F)c2)CC1)N1CCN(CC2Cc3cc(F)ccc3O2)CC1. The highest BCUT2D eigenvalue weighted by molar-refractivity contribution is 5.77. The Kier molecular flexibility index (Phi) is 8.64. The Hall–Kier alpha value is -3.45. The van der Waals surface area contributed by atoms with Gasteiger partial charge in [0.1, 0.15) is 29.8 Å². The minimum atomic E-state index is -4.83. The van der Waals surface area contributed by atoms with Crippen molar-refractivity contribution in [2.45, 2.75) is 56.5 Å². The van der Waals surface area contributed by atoms with E-state index in [2.05, 4.69) is 10.2 Å². The third-order valence-electron chi connectivity index (χ3n) is 7.94. The molecule has 3 aliphatic rings. The lowest BCUT2D eigenvalue weighted by Crippen LogP contribution is -2.51. The number of nitro groups is 1. The van der Waals surface area contributed by atoms with E-state index < -0.39 is 22.4 Å². The lowest BCUT2D eigenvalue weighted by molar-refractivity contribution is -0.388. The average molecular weight is 581 g/mol. The van der Waals surface area contributed by atoms with Gasteiger partial charge in [-0.15, -0.1) is 0 Å². The molecule has 0 spiro atoms. The molecule has 1 amide bonds. The molecule has 2 aromatic carbocycles. The molecule has 1 unspecified atom stereocenters. The van der Waals surface area contributed by atoms with Gasteiger partial charge >= 0.3 is 6.18 Å². The summed E-state index contributed by atoms with van der Waals surface area (Å²) in [6.45, 7) is 3.29. The minimum absolute atomic E-state index is 0.0212. The van der Waals surface area contributed by atoms with E-state index in [0.29, 0.717) is 64.8 Å². The van der Waals surface area contributed by atoms with Crippen LogP contribution in [0.4, 0.5) is 28.9 Å². The summed E-state index contributed by atoms with van der Waals surface area (Å²) in [6, 6.07) is 7.41. The number of rotatable bonds is 8. The lowest BCUT2D eigenvalue weighted by Gasteiger charge is -2.36. The Bertz CT molecular complexity index is 1260. The number of carbonyl (C=O) groups excluding carboxylic acids is 1. The van der Waals surface area contributed by atoms with Crippen molar-refractivity contribution < 1.29 is 36.8 Å². The summed E-state index contributed by atoms with van der Waals surface area (Å²) in [5, 5.41) is 14.0. The van der Waals surface area contributed by atoms with Crippen LogP contribution in [0, 0.1) is 15.9 Å². The van der Waals surface area contributed by atoms with Crippen LogP contribution in [-0.4, -0.2) is 78.2 Å². The normalized spacial score (nSPS) is 23.1. The van der Waals surface area contributed by atoms with Gasteiger partial charge in [-0.1, -0.05) is 0 Å². The van der Waals surface area contributed by atoms with Gasteiger partial charge in [-0.3, -0.25) is 19.8 Å².